The number of aromatic nitrogens is 2. The third-order valence-corrected chi connectivity index (χ3v) is 3.59. The van der Waals surface area contributed by atoms with Gasteiger partial charge in [-0.15, -0.1) is 0 Å². The normalized spacial score (nSPS) is 23.4. The van der Waals surface area contributed by atoms with Crippen molar-refractivity contribution in [2.24, 2.45) is 0 Å². The number of hydrogen-bond acceptors (Lipinski definition) is 5. The molecule has 0 spiro atoms. The molecule has 19 heavy (non-hydrogen) atoms. The van der Waals surface area contributed by atoms with Crippen molar-refractivity contribution in [1.29, 1.82) is 0 Å². The highest BCUT2D eigenvalue weighted by molar-refractivity contribution is 5.47. The van der Waals surface area contributed by atoms with Crippen LogP contribution in [0.25, 0.3) is 0 Å². The van der Waals surface area contributed by atoms with E-state index in [1.165, 1.54) is 25.7 Å². The van der Waals surface area contributed by atoms with Gasteiger partial charge in [-0.1, -0.05) is 0 Å². The van der Waals surface area contributed by atoms with Gasteiger partial charge in [0.1, 0.15) is 18.0 Å². The fourth-order valence-electron chi connectivity index (χ4n) is 2.55. The molecule has 1 saturated carbocycles. The van der Waals surface area contributed by atoms with E-state index in [9.17, 15) is 0 Å². The Morgan fingerprint density at radius 1 is 1.05 bits per heavy atom. The molecule has 1 aromatic rings. The lowest BCUT2D eigenvalue weighted by molar-refractivity contribution is 0.371. The van der Waals surface area contributed by atoms with E-state index >= 15 is 0 Å². The van der Waals surface area contributed by atoms with Gasteiger partial charge in [0.2, 0.25) is 0 Å². The molecule has 0 aliphatic heterocycles. The van der Waals surface area contributed by atoms with Gasteiger partial charge in [-0.3, -0.25) is 0 Å². The first-order valence-electron chi connectivity index (χ1n) is 7.19. The monoisotopic (exact) mass is 263 g/mol. The Bertz CT molecular complexity index is 385. The molecule has 106 valence electrons. The molecule has 1 fully saturated rings. The Kier molecular flexibility index (Phi) is 4.96. The number of nitrogens with one attached hydrogen (secondary N) is 3. The second-order valence-electron chi connectivity index (χ2n) is 5.57. The summed E-state index contributed by atoms with van der Waals surface area (Å²) in [5.74, 6) is 1.81. The quantitative estimate of drug-likeness (QED) is 0.760. The molecule has 2 rings (SSSR count). The van der Waals surface area contributed by atoms with E-state index in [0.717, 1.165) is 11.6 Å². The average Bonchev–Trinajstić information content (AvgIpc) is 2.39. The van der Waals surface area contributed by atoms with Gasteiger partial charge in [-0.25, -0.2) is 9.97 Å². The molecular formula is C14H25N5. The van der Waals surface area contributed by atoms with Crippen LogP contribution in [0.4, 0.5) is 11.6 Å². The minimum Gasteiger partial charge on any atom is -0.368 e. The molecule has 1 aliphatic rings. The van der Waals surface area contributed by atoms with Gasteiger partial charge >= 0.3 is 0 Å². The highest BCUT2D eigenvalue weighted by atomic mass is 15.1. The third kappa shape index (κ3) is 4.35. The van der Waals surface area contributed by atoms with Gasteiger partial charge in [0.25, 0.3) is 0 Å². The third-order valence-electron chi connectivity index (χ3n) is 3.59. The van der Waals surface area contributed by atoms with Crippen molar-refractivity contribution in [3.05, 3.63) is 12.4 Å². The molecule has 0 amide bonds. The van der Waals surface area contributed by atoms with Crippen molar-refractivity contribution >= 4 is 11.6 Å². The van der Waals surface area contributed by atoms with Gasteiger partial charge in [-0.2, -0.15) is 0 Å². The molecule has 3 N–H and O–H groups in total. The second kappa shape index (κ2) is 6.70. The highest BCUT2D eigenvalue weighted by Gasteiger charge is 2.20. The zero-order valence-corrected chi connectivity index (χ0v) is 12.1. The van der Waals surface area contributed by atoms with Gasteiger partial charge < -0.3 is 16.0 Å². The molecule has 0 unspecified atom stereocenters. The van der Waals surface area contributed by atoms with Gasteiger partial charge in [-0.05, 0) is 46.6 Å². The van der Waals surface area contributed by atoms with E-state index < -0.39 is 0 Å². The molecule has 0 bridgehead atoms. The molecule has 0 aromatic carbocycles. The van der Waals surface area contributed by atoms with Crippen LogP contribution >= 0.6 is 0 Å². The molecular weight excluding hydrogens is 238 g/mol. The predicted molar refractivity (Wildman–Crippen MR) is 79.5 cm³/mol. The molecule has 1 heterocycles. The number of rotatable bonds is 5. The maximum atomic E-state index is 4.30. The van der Waals surface area contributed by atoms with Crippen LogP contribution in [-0.2, 0) is 0 Å². The van der Waals surface area contributed by atoms with Crippen LogP contribution in [0.5, 0.6) is 0 Å². The van der Waals surface area contributed by atoms with Gasteiger partial charge in [0.05, 0.1) is 0 Å². The van der Waals surface area contributed by atoms with Crippen molar-refractivity contribution in [2.45, 2.75) is 57.7 Å². The number of nitrogens with zero attached hydrogens (tertiary/aromatic N) is 2. The first-order valence-corrected chi connectivity index (χ1v) is 7.19. The van der Waals surface area contributed by atoms with E-state index in [0.29, 0.717) is 18.1 Å². The Hall–Kier alpha value is -1.36. The minimum atomic E-state index is 0.383. The number of anilines is 2. The lowest BCUT2D eigenvalue weighted by Crippen LogP contribution is -2.35. The van der Waals surface area contributed by atoms with E-state index in [1.54, 1.807) is 6.33 Å². The zero-order valence-electron chi connectivity index (χ0n) is 12.1. The van der Waals surface area contributed by atoms with E-state index in [1.807, 2.05) is 13.1 Å². The predicted octanol–water partition coefficient (Wildman–Crippen LogP) is 2.24. The lowest BCUT2D eigenvalue weighted by atomic mass is 9.91. The standard InChI is InChI=1S/C14H25N5/c1-10(2)18-13-8-14(17-9-16-13)19-12-6-4-11(15-3)5-7-12/h8-12,15H,4-7H2,1-3H3,(H2,16,17,18,19). The topological polar surface area (TPSA) is 61.9 Å². The molecule has 5 heteroatoms. The van der Waals surface area contributed by atoms with Crippen molar-refractivity contribution in [1.82, 2.24) is 15.3 Å². The molecule has 0 saturated heterocycles. The first kappa shape index (κ1) is 14.1. The van der Waals surface area contributed by atoms with Crippen LogP contribution in [-0.4, -0.2) is 35.1 Å². The van der Waals surface area contributed by atoms with Crippen LogP contribution in [0.3, 0.4) is 0 Å². The van der Waals surface area contributed by atoms with E-state index in [2.05, 4.69) is 39.8 Å². The minimum absolute atomic E-state index is 0.383. The molecule has 1 aliphatic carbocycles. The van der Waals surface area contributed by atoms with Crippen LogP contribution in [0, 0.1) is 0 Å². The van der Waals surface area contributed by atoms with Crippen molar-refractivity contribution in [3.8, 4) is 0 Å². The summed E-state index contributed by atoms with van der Waals surface area (Å²) in [4.78, 5) is 8.53. The van der Waals surface area contributed by atoms with Crippen molar-refractivity contribution in [3.63, 3.8) is 0 Å². The summed E-state index contributed by atoms with van der Waals surface area (Å²) < 4.78 is 0. The molecule has 1 aromatic heterocycles. The van der Waals surface area contributed by atoms with E-state index in [4.69, 9.17) is 0 Å². The first-order chi connectivity index (χ1) is 9.17. The molecule has 0 atom stereocenters. The summed E-state index contributed by atoms with van der Waals surface area (Å²) in [5.41, 5.74) is 0. The number of hydrogen-bond donors (Lipinski definition) is 3. The fourth-order valence-corrected chi connectivity index (χ4v) is 2.55. The van der Waals surface area contributed by atoms with Gasteiger partial charge in [0.15, 0.2) is 0 Å². The largest absolute Gasteiger partial charge is 0.368 e. The zero-order chi connectivity index (χ0) is 13.7. The summed E-state index contributed by atoms with van der Waals surface area (Å²) in [6.45, 7) is 4.21. The van der Waals surface area contributed by atoms with Crippen molar-refractivity contribution < 1.29 is 0 Å². The summed E-state index contributed by atoms with van der Waals surface area (Å²) in [7, 11) is 2.05. The smallest absolute Gasteiger partial charge is 0.131 e. The SMILES string of the molecule is CNC1CCC(Nc2cc(NC(C)C)ncn2)CC1. The van der Waals surface area contributed by atoms with E-state index in [-0.39, 0.29) is 0 Å². The summed E-state index contributed by atoms with van der Waals surface area (Å²) in [6, 6.07) is 3.59. The van der Waals surface area contributed by atoms with Crippen molar-refractivity contribution in [2.75, 3.05) is 17.7 Å². The Morgan fingerprint density at radius 2 is 1.68 bits per heavy atom. The van der Waals surface area contributed by atoms with Crippen LogP contribution in [0.1, 0.15) is 39.5 Å². The maximum absolute atomic E-state index is 4.30. The summed E-state index contributed by atoms with van der Waals surface area (Å²) in [5, 5.41) is 10.2. The Morgan fingerprint density at radius 3 is 2.32 bits per heavy atom. The van der Waals surface area contributed by atoms with Crippen LogP contribution in [0.2, 0.25) is 0 Å². The highest BCUT2D eigenvalue weighted by Crippen LogP contribution is 2.22. The molecule has 5 nitrogen and oxygen atoms in total. The molecule has 0 radical (unpaired) electrons. The summed E-state index contributed by atoms with van der Waals surface area (Å²) in [6.07, 6.45) is 6.48. The maximum Gasteiger partial charge on any atom is 0.131 e. The Balaban J connectivity index is 1.89. The average molecular weight is 263 g/mol. The van der Waals surface area contributed by atoms with Gasteiger partial charge in [0, 0.05) is 24.2 Å². The summed E-state index contributed by atoms with van der Waals surface area (Å²) >= 11 is 0. The Labute approximate surface area is 115 Å². The second-order valence-corrected chi connectivity index (χ2v) is 5.57. The fraction of sp³-hybridized carbons (Fsp3) is 0.714. The van der Waals surface area contributed by atoms with Crippen LogP contribution in [0.15, 0.2) is 12.4 Å². The lowest BCUT2D eigenvalue weighted by Gasteiger charge is -2.29. The van der Waals surface area contributed by atoms with Crippen LogP contribution < -0.4 is 16.0 Å².